The fourth-order valence-electron chi connectivity index (χ4n) is 8.41. The highest BCUT2D eigenvalue weighted by Crippen LogP contribution is 2.18. The van der Waals surface area contributed by atoms with Gasteiger partial charge in [0.1, 0.15) is 6.10 Å². The van der Waals surface area contributed by atoms with Crippen molar-refractivity contribution in [1.82, 2.24) is 5.32 Å². The molecular formula is C58H107NO5. The van der Waals surface area contributed by atoms with Crippen LogP contribution < -0.4 is 5.32 Å². The maximum absolute atomic E-state index is 13.2. The lowest BCUT2D eigenvalue weighted by molar-refractivity contribution is -0.151. The molecule has 0 aliphatic heterocycles. The molecule has 374 valence electrons. The normalized spacial score (nSPS) is 13.5. The van der Waals surface area contributed by atoms with Gasteiger partial charge in [-0.2, -0.15) is 0 Å². The van der Waals surface area contributed by atoms with Gasteiger partial charge < -0.3 is 20.3 Å². The summed E-state index contributed by atoms with van der Waals surface area (Å²) in [6.45, 7) is 6.46. The average Bonchev–Trinajstić information content (AvgIpc) is 3.29. The SMILES string of the molecule is CCCCC/C=C\C/C=C\C/C=C\C/C=C\CCCCCC(=O)OC(CCCCCCCCCCCC)CC(=O)NC(CO)C(O)CCCCCCCCCCCCCCCCCC. The van der Waals surface area contributed by atoms with Crippen LogP contribution in [0.4, 0.5) is 0 Å². The zero-order valence-corrected chi connectivity index (χ0v) is 42.7. The van der Waals surface area contributed by atoms with Gasteiger partial charge in [0.05, 0.1) is 25.2 Å². The molecule has 3 atom stereocenters. The van der Waals surface area contributed by atoms with E-state index in [4.69, 9.17) is 4.74 Å². The average molecular weight is 898 g/mol. The number of unbranched alkanes of at least 4 members (excludes halogenated alkanes) is 30. The Labute approximate surface area is 397 Å². The minimum Gasteiger partial charge on any atom is -0.462 e. The molecule has 6 heteroatoms. The second-order valence-electron chi connectivity index (χ2n) is 19.0. The molecule has 0 bridgehead atoms. The van der Waals surface area contributed by atoms with Gasteiger partial charge in [-0.15, -0.1) is 0 Å². The number of amides is 1. The van der Waals surface area contributed by atoms with E-state index in [1.54, 1.807) is 0 Å². The van der Waals surface area contributed by atoms with Crippen molar-refractivity contribution in [3.05, 3.63) is 48.6 Å². The van der Waals surface area contributed by atoms with E-state index in [-0.39, 0.29) is 24.9 Å². The molecule has 64 heavy (non-hydrogen) atoms. The molecule has 0 aliphatic carbocycles. The van der Waals surface area contributed by atoms with Crippen molar-refractivity contribution in [2.24, 2.45) is 0 Å². The fraction of sp³-hybridized carbons (Fsp3) is 0.828. The summed E-state index contributed by atoms with van der Waals surface area (Å²) >= 11 is 0. The molecule has 0 rings (SSSR count). The van der Waals surface area contributed by atoms with Crippen LogP contribution in [0.3, 0.4) is 0 Å². The Hall–Kier alpha value is -2.18. The number of hydrogen-bond donors (Lipinski definition) is 3. The third-order valence-electron chi connectivity index (χ3n) is 12.7. The van der Waals surface area contributed by atoms with Gasteiger partial charge >= 0.3 is 5.97 Å². The van der Waals surface area contributed by atoms with E-state index in [0.717, 1.165) is 83.5 Å². The topological polar surface area (TPSA) is 95.9 Å². The largest absolute Gasteiger partial charge is 0.462 e. The monoisotopic (exact) mass is 898 g/mol. The number of esters is 1. The first kappa shape index (κ1) is 61.8. The number of carbonyl (C=O) groups is 2. The molecule has 0 heterocycles. The molecule has 0 aliphatic rings. The minimum atomic E-state index is -0.792. The van der Waals surface area contributed by atoms with E-state index in [2.05, 4.69) is 74.7 Å². The van der Waals surface area contributed by atoms with Crippen molar-refractivity contribution in [2.45, 2.75) is 302 Å². The van der Waals surface area contributed by atoms with Gasteiger partial charge in [-0.25, -0.2) is 0 Å². The number of allylic oxidation sites excluding steroid dienone is 8. The molecular weight excluding hydrogens is 791 g/mol. The van der Waals surface area contributed by atoms with Gasteiger partial charge in [0.2, 0.25) is 5.91 Å². The molecule has 0 aromatic carbocycles. The van der Waals surface area contributed by atoms with Gasteiger partial charge in [0.25, 0.3) is 0 Å². The number of ether oxygens (including phenoxy) is 1. The Bertz CT molecular complexity index is 1100. The van der Waals surface area contributed by atoms with Crippen LogP contribution in [-0.2, 0) is 14.3 Å². The van der Waals surface area contributed by atoms with Gasteiger partial charge in [-0.3, -0.25) is 9.59 Å². The minimum absolute atomic E-state index is 0.0670. The smallest absolute Gasteiger partial charge is 0.306 e. The van der Waals surface area contributed by atoms with Crippen LogP contribution in [0.1, 0.15) is 284 Å². The number of carbonyl (C=O) groups excluding carboxylic acids is 2. The third kappa shape index (κ3) is 46.4. The molecule has 0 saturated heterocycles. The van der Waals surface area contributed by atoms with Crippen molar-refractivity contribution < 1.29 is 24.5 Å². The molecule has 3 unspecified atom stereocenters. The molecule has 0 radical (unpaired) electrons. The van der Waals surface area contributed by atoms with Crippen LogP contribution in [0, 0.1) is 0 Å². The van der Waals surface area contributed by atoms with E-state index in [1.807, 2.05) is 0 Å². The Kier molecular flexibility index (Phi) is 50.0. The summed E-state index contributed by atoms with van der Waals surface area (Å²) < 4.78 is 5.93. The first-order valence-electron chi connectivity index (χ1n) is 27.9. The summed E-state index contributed by atoms with van der Waals surface area (Å²) in [6, 6.07) is -0.706. The third-order valence-corrected chi connectivity index (χ3v) is 12.7. The number of hydrogen-bond acceptors (Lipinski definition) is 5. The van der Waals surface area contributed by atoms with Crippen LogP contribution >= 0.6 is 0 Å². The highest BCUT2D eigenvalue weighted by atomic mass is 16.5. The molecule has 0 fully saturated rings. The quantitative estimate of drug-likeness (QED) is 0.0321. The maximum atomic E-state index is 13.2. The highest BCUT2D eigenvalue weighted by Gasteiger charge is 2.24. The van der Waals surface area contributed by atoms with Crippen LogP contribution in [-0.4, -0.2) is 46.9 Å². The molecule has 6 nitrogen and oxygen atoms in total. The van der Waals surface area contributed by atoms with Crippen molar-refractivity contribution in [3.63, 3.8) is 0 Å². The Morgan fingerprint density at radius 2 is 0.797 bits per heavy atom. The van der Waals surface area contributed by atoms with E-state index in [0.29, 0.717) is 19.3 Å². The first-order valence-corrected chi connectivity index (χ1v) is 27.9. The summed E-state index contributed by atoms with van der Waals surface area (Å²) in [7, 11) is 0. The molecule has 0 aromatic heterocycles. The molecule has 0 spiro atoms. The lowest BCUT2D eigenvalue weighted by Gasteiger charge is -2.24. The van der Waals surface area contributed by atoms with E-state index in [1.165, 1.54) is 154 Å². The van der Waals surface area contributed by atoms with Crippen molar-refractivity contribution in [2.75, 3.05) is 6.61 Å². The fourth-order valence-corrected chi connectivity index (χ4v) is 8.41. The second-order valence-corrected chi connectivity index (χ2v) is 19.0. The van der Waals surface area contributed by atoms with Gasteiger partial charge in [-0.1, -0.05) is 249 Å². The first-order chi connectivity index (χ1) is 31.5. The summed E-state index contributed by atoms with van der Waals surface area (Å²) in [4.78, 5) is 26.2. The van der Waals surface area contributed by atoms with Gasteiger partial charge in [0.15, 0.2) is 0 Å². The molecule has 1 amide bonds. The van der Waals surface area contributed by atoms with E-state index >= 15 is 0 Å². The molecule has 0 aromatic rings. The van der Waals surface area contributed by atoms with Crippen molar-refractivity contribution >= 4 is 11.9 Å². The van der Waals surface area contributed by atoms with Gasteiger partial charge in [0, 0.05) is 6.42 Å². The predicted molar refractivity (Wildman–Crippen MR) is 278 cm³/mol. The zero-order chi connectivity index (χ0) is 46.7. The Morgan fingerprint density at radius 1 is 0.453 bits per heavy atom. The lowest BCUT2D eigenvalue weighted by Crippen LogP contribution is -2.46. The van der Waals surface area contributed by atoms with Crippen molar-refractivity contribution in [3.8, 4) is 0 Å². The summed E-state index contributed by atoms with van der Waals surface area (Å²) in [6.07, 6.45) is 63.2. The maximum Gasteiger partial charge on any atom is 0.306 e. The Balaban J connectivity index is 4.49. The number of aliphatic hydroxyl groups excluding tert-OH is 2. The van der Waals surface area contributed by atoms with Gasteiger partial charge in [-0.05, 0) is 70.6 Å². The zero-order valence-electron chi connectivity index (χ0n) is 42.7. The number of nitrogens with one attached hydrogen (secondary N) is 1. The predicted octanol–water partition coefficient (Wildman–Crippen LogP) is 17.0. The standard InChI is InChI=1S/C58H107NO5/c1-4-7-10-13-16-19-22-24-26-28-29-30-32-34-36-39-42-45-48-51-58(63)64-54(49-46-43-40-37-21-18-15-12-9-6-3)52-57(62)59-55(53-60)56(61)50-47-44-41-38-35-33-31-27-25-23-20-17-14-11-8-5-2/h16,19,24,26,29-30,34,36,54-56,60-61H,4-15,17-18,20-23,25,27-28,31-33,35,37-53H2,1-3H3,(H,59,62)/b19-16-,26-24-,30-29-,36-34-. The summed E-state index contributed by atoms with van der Waals surface area (Å²) in [5.74, 6) is -0.501. The summed E-state index contributed by atoms with van der Waals surface area (Å²) in [5, 5.41) is 23.8. The van der Waals surface area contributed by atoms with E-state index < -0.39 is 18.2 Å². The van der Waals surface area contributed by atoms with Crippen LogP contribution in [0.5, 0.6) is 0 Å². The van der Waals surface area contributed by atoms with Crippen LogP contribution in [0.25, 0.3) is 0 Å². The molecule has 0 saturated carbocycles. The second kappa shape index (κ2) is 51.8. The molecule has 3 N–H and O–H groups in total. The highest BCUT2D eigenvalue weighted by molar-refractivity contribution is 5.77. The van der Waals surface area contributed by atoms with E-state index in [9.17, 15) is 19.8 Å². The lowest BCUT2D eigenvalue weighted by atomic mass is 10.0. The van der Waals surface area contributed by atoms with Crippen LogP contribution in [0.2, 0.25) is 0 Å². The van der Waals surface area contributed by atoms with Crippen LogP contribution in [0.15, 0.2) is 48.6 Å². The Morgan fingerprint density at radius 3 is 1.22 bits per heavy atom. The number of rotatable bonds is 50. The number of aliphatic hydroxyl groups is 2. The van der Waals surface area contributed by atoms with Crippen molar-refractivity contribution in [1.29, 1.82) is 0 Å². The summed E-state index contributed by atoms with van der Waals surface area (Å²) in [5.41, 5.74) is 0.